The van der Waals surface area contributed by atoms with E-state index in [4.69, 9.17) is 11.6 Å². The molecule has 2 rings (SSSR count). The number of hydrogen-bond donors (Lipinski definition) is 0. The Morgan fingerprint density at radius 2 is 2.16 bits per heavy atom. The van der Waals surface area contributed by atoms with Crippen molar-refractivity contribution in [2.45, 2.75) is 33.1 Å². The van der Waals surface area contributed by atoms with Gasteiger partial charge in [-0.05, 0) is 43.0 Å². The third-order valence-corrected chi connectivity index (χ3v) is 3.67. The number of aromatic nitrogens is 1. The van der Waals surface area contributed by atoms with Crippen molar-refractivity contribution in [3.8, 4) is 0 Å². The average molecular weight is 277 g/mol. The smallest absolute Gasteiger partial charge is 0.0720 e. The maximum atomic E-state index is 10.9. The predicted molar refractivity (Wildman–Crippen MR) is 74.4 cm³/mol. The van der Waals surface area contributed by atoms with E-state index in [1.165, 1.54) is 12.1 Å². The summed E-state index contributed by atoms with van der Waals surface area (Å²) in [5.41, 5.74) is 2.76. The standard InChI is InChI=1S/C15H16ClNO2/c1-3-4-5-11-9(2)17-13-7-6-10(15(18)19)8-12(13)14(11)16/h6-8H,3-5H2,1-2H3,(H,18,19)/p-1. The van der Waals surface area contributed by atoms with Crippen LogP contribution in [0.3, 0.4) is 0 Å². The van der Waals surface area contributed by atoms with Crippen molar-refractivity contribution in [1.29, 1.82) is 0 Å². The second kappa shape index (κ2) is 5.57. The summed E-state index contributed by atoms with van der Waals surface area (Å²) >= 11 is 6.41. The summed E-state index contributed by atoms with van der Waals surface area (Å²) in [6, 6.07) is 4.70. The van der Waals surface area contributed by atoms with E-state index < -0.39 is 5.97 Å². The Hall–Kier alpha value is -1.61. The van der Waals surface area contributed by atoms with Gasteiger partial charge in [0.25, 0.3) is 0 Å². The van der Waals surface area contributed by atoms with Gasteiger partial charge in [-0.25, -0.2) is 0 Å². The number of pyridine rings is 1. The molecule has 1 heterocycles. The Bertz CT molecular complexity index is 638. The lowest BCUT2D eigenvalue weighted by atomic mass is 10.0. The molecule has 0 radical (unpaired) electrons. The van der Waals surface area contributed by atoms with Gasteiger partial charge in [0.2, 0.25) is 0 Å². The first-order chi connectivity index (χ1) is 9.04. The predicted octanol–water partition coefficient (Wildman–Crippen LogP) is 2.90. The lowest BCUT2D eigenvalue weighted by Gasteiger charge is -2.12. The molecule has 1 aromatic carbocycles. The van der Waals surface area contributed by atoms with Crippen molar-refractivity contribution in [2.75, 3.05) is 0 Å². The van der Waals surface area contributed by atoms with Crippen LogP contribution in [0.1, 0.15) is 41.4 Å². The first-order valence-corrected chi connectivity index (χ1v) is 6.72. The highest BCUT2D eigenvalue weighted by atomic mass is 35.5. The monoisotopic (exact) mass is 276 g/mol. The van der Waals surface area contributed by atoms with Crippen molar-refractivity contribution in [2.24, 2.45) is 0 Å². The van der Waals surface area contributed by atoms with E-state index in [9.17, 15) is 9.90 Å². The van der Waals surface area contributed by atoms with Gasteiger partial charge in [0.05, 0.1) is 16.5 Å². The molecule has 1 aromatic heterocycles. The number of aryl methyl sites for hydroxylation is 1. The van der Waals surface area contributed by atoms with Crippen molar-refractivity contribution in [3.63, 3.8) is 0 Å². The van der Waals surface area contributed by atoms with Crippen LogP contribution in [0.25, 0.3) is 10.9 Å². The topological polar surface area (TPSA) is 53.0 Å². The van der Waals surface area contributed by atoms with E-state index >= 15 is 0 Å². The summed E-state index contributed by atoms with van der Waals surface area (Å²) in [6.07, 6.45) is 2.97. The number of hydrogen-bond acceptors (Lipinski definition) is 3. The minimum absolute atomic E-state index is 0.126. The zero-order valence-corrected chi connectivity index (χ0v) is 11.8. The second-order valence-electron chi connectivity index (χ2n) is 4.61. The van der Waals surface area contributed by atoms with Gasteiger partial charge in [0.1, 0.15) is 0 Å². The molecule has 0 spiro atoms. The minimum atomic E-state index is -1.20. The highest BCUT2D eigenvalue weighted by molar-refractivity contribution is 6.36. The number of rotatable bonds is 4. The molecular formula is C15H15ClNO2-. The molecule has 0 N–H and O–H groups in total. The van der Waals surface area contributed by atoms with Gasteiger partial charge in [0, 0.05) is 11.1 Å². The first-order valence-electron chi connectivity index (χ1n) is 6.34. The molecule has 0 aliphatic rings. The minimum Gasteiger partial charge on any atom is -0.545 e. The third kappa shape index (κ3) is 2.71. The molecule has 0 unspecified atom stereocenters. The number of carbonyl (C=O) groups excluding carboxylic acids is 1. The molecule has 0 aliphatic heterocycles. The number of halogens is 1. The SMILES string of the molecule is CCCCc1c(C)nc2ccc(C(=O)[O-])cc2c1Cl. The number of benzene rings is 1. The fraction of sp³-hybridized carbons (Fsp3) is 0.333. The van der Waals surface area contributed by atoms with Gasteiger partial charge in [0.15, 0.2) is 0 Å². The molecule has 0 bridgehead atoms. The molecule has 100 valence electrons. The number of unbranched alkanes of at least 4 members (excludes halogenated alkanes) is 1. The van der Waals surface area contributed by atoms with Crippen LogP contribution in [0.4, 0.5) is 0 Å². The van der Waals surface area contributed by atoms with Crippen LogP contribution in [0.5, 0.6) is 0 Å². The average Bonchev–Trinajstić information content (AvgIpc) is 2.38. The number of aromatic carboxylic acids is 1. The quantitative estimate of drug-likeness (QED) is 0.863. The highest BCUT2D eigenvalue weighted by Crippen LogP contribution is 2.30. The van der Waals surface area contributed by atoms with E-state index in [-0.39, 0.29) is 5.56 Å². The van der Waals surface area contributed by atoms with Crippen LogP contribution in [0.15, 0.2) is 18.2 Å². The summed E-state index contributed by atoms with van der Waals surface area (Å²) in [6.45, 7) is 4.05. The van der Waals surface area contributed by atoms with Crippen LogP contribution < -0.4 is 5.11 Å². The summed E-state index contributed by atoms with van der Waals surface area (Å²) in [5, 5.41) is 12.2. The van der Waals surface area contributed by atoms with E-state index in [0.717, 1.165) is 30.5 Å². The van der Waals surface area contributed by atoms with E-state index in [0.29, 0.717) is 15.9 Å². The van der Waals surface area contributed by atoms with Crippen LogP contribution >= 0.6 is 11.6 Å². The molecule has 0 saturated heterocycles. The molecule has 0 fully saturated rings. The van der Waals surface area contributed by atoms with Crippen LogP contribution in [-0.2, 0) is 6.42 Å². The summed E-state index contributed by atoms with van der Waals surface area (Å²) in [7, 11) is 0. The van der Waals surface area contributed by atoms with E-state index in [1.807, 2.05) is 6.92 Å². The maximum Gasteiger partial charge on any atom is 0.0720 e. The number of carboxylic acids is 1. The fourth-order valence-corrected chi connectivity index (χ4v) is 2.53. The van der Waals surface area contributed by atoms with Gasteiger partial charge < -0.3 is 9.90 Å². The van der Waals surface area contributed by atoms with E-state index in [1.54, 1.807) is 6.07 Å². The third-order valence-electron chi connectivity index (χ3n) is 3.24. The Morgan fingerprint density at radius 3 is 2.79 bits per heavy atom. The molecule has 0 atom stereocenters. The molecule has 19 heavy (non-hydrogen) atoms. The zero-order valence-electron chi connectivity index (χ0n) is 11.0. The van der Waals surface area contributed by atoms with E-state index in [2.05, 4.69) is 11.9 Å². The fourth-order valence-electron chi connectivity index (χ4n) is 2.15. The molecule has 0 aliphatic carbocycles. The Morgan fingerprint density at radius 1 is 1.42 bits per heavy atom. The van der Waals surface area contributed by atoms with Crippen LogP contribution in [0, 0.1) is 6.92 Å². The molecule has 0 amide bonds. The molecular weight excluding hydrogens is 262 g/mol. The lowest BCUT2D eigenvalue weighted by Crippen LogP contribution is -2.22. The molecule has 3 nitrogen and oxygen atoms in total. The Balaban J connectivity index is 2.62. The first kappa shape index (κ1) is 13.8. The largest absolute Gasteiger partial charge is 0.545 e. The van der Waals surface area contributed by atoms with Gasteiger partial charge in [-0.3, -0.25) is 4.98 Å². The molecule has 2 aromatic rings. The van der Waals surface area contributed by atoms with Gasteiger partial charge in [-0.15, -0.1) is 0 Å². The number of carbonyl (C=O) groups is 1. The molecule has 4 heteroatoms. The van der Waals surface area contributed by atoms with Gasteiger partial charge in [-0.1, -0.05) is 31.0 Å². The number of fused-ring (bicyclic) bond motifs is 1. The lowest BCUT2D eigenvalue weighted by molar-refractivity contribution is -0.255. The summed E-state index contributed by atoms with van der Waals surface area (Å²) < 4.78 is 0. The van der Waals surface area contributed by atoms with Crippen molar-refractivity contribution >= 4 is 28.5 Å². The number of carboxylic acid groups (broad SMARTS) is 1. The van der Waals surface area contributed by atoms with Gasteiger partial charge in [-0.2, -0.15) is 0 Å². The maximum absolute atomic E-state index is 10.9. The van der Waals surface area contributed by atoms with Gasteiger partial charge >= 0.3 is 0 Å². The van der Waals surface area contributed by atoms with Crippen molar-refractivity contribution < 1.29 is 9.90 Å². The molecule has 0 saturated carbocycles. The Kier molecular flexibility index (Phi) is 4.05. The Labute approximate surface area is 117 Å². The normalized spacial score (nSPS) is 10.9. The van der Waals surface area contributed by atoms with Crippen molar-refractivity contribution in [3.05, 3.63) is 40.0 Å². The second-order valence-corrected chi connectivity index (χ2v) is 4.99. The van der Waals surface area contributed by atoms with Crippen LogP contribution in [-0.4, -0.2) is 11.0 Å². The van der Waals surface area contributed by atoms with Crippen molar-refractivity contribution in [1.82, 2.24) is 4.98 Å². The number of nitrogens with zero attached hydrogens (tertiary/aromatic N) is 1. The highest BCUT2D eigenvalue weighted by Gasteiger charge is 2.11. The van der Waals surface area contributed by atoms with Crippen LogP contribution in [0.2, 0.25) is 5.02 Å². The summed E-state index contributed by atoms with van der Waals surface area (Å²) in [4.78, 5) is 15.4. The zero-order chi connectivity index (χ0) is 14.0. The summed E-state index contributed by atoms with van der Waals surface area (Å²) in [5.74, 6) is -1.20.